The van der Waals surface area contributed by atoms with E-state index in [-0.39, 0.29) is 0 Å². The third kappa shape index (κ3) is 1.43. The molecule has 0 radical (unpaired) electrons. The van der Waals surface area contributed by atoms with Crippen molar-refractivity contribution in [3.05, 3.63) is 51.2 Å². The Kier molecular flexibility index (Phi) is 2.27. The van der Waals surface area contributed by atoms with E-state index < -0.39 is 27.6 Å². The van der Waals surface area contributed by atoms with Crippen molar-refractivity contribution in [2.75, 3.05) is 0 Å². The molecular weight excluding hydrogens is 222 g/mol. The van der Waals surface area contributed by atoms with Gasteiger partial charge in [-0.15, -0.1) is 0 Å². The molecule has 0 aliphatic heterocycles. The topological polar surface area (TPSA) is 80.4 Å². The lowest BCUT2D eigenvalue weighted by molar-refractivity contribution is -0.419. The summed E-state index contributed by atoms with van der Waals surface area (Å²) in [6, 6.07) is 6.67. The van der Waals surface area contributed by atoms with Gasteiger partial charge in [0.25, 0.3) is 0 Å². The van der Waals surface area contributed by atoms with Gasteiger partial charge in [0, 0.05) is 5.56 Å². The van der Waals surface area contributed by atoms with Crippen LogP contribution >= 0.6 is 0 Å². The summed E-state index contributed by atoms with van der Waals surface area (Å²) in [5.41, 5.74) is -0.767. The average molecular weight is 233 g/mol. The van der Waals surface area contributed by atoms with Crippen LogP contribution in [-0.2, 0) is 10.2 Å². The molecule has 0 spiro atoms. The summed E-state index contributed by atoms with van der Waals surface area (Å²) in [6.07, 6.45) is 0. The van der Waals surface area contributed by atoms with Crippen molar-refractivity contribution in [3.63, 3.8) is 0 Å². The molecule has 17 heavy (non-hydrogen) atoms. The van der Waals surface area contributed by atoms with Gasteiger partial charge >= 0.3 is 5.70 Å². The van der Waals surface area contributed by atoms with Crippen molar-refractivity contribution in [1.82, 2.24) is 0 Å². The van der Waals surface area contributed by atoms with Crippen LogP contribution in [0.1, 0.15) is 25.0 Å². The maximum atomic E-state index is 12.0. The summed E-state index contributed by atoms with van der Waals surface area (Å²) in [6.45, 7) is 3.23. The molecule has 88 valence electrons. The van der Waals surface area contributed by atoms with Crippen LogP contribution in [0.4, 0.5) is 0 Å². The van der Waals surface area contributed by atoms with Gasteiger partial charge in [-0.2, -0.15) is 0 Å². The van der Waals surface area contributed by atoms with Crippen molar-refractivity contribution >= 4 is 11.5 Å². The predicted molar refractivity (Wildman–Crippen MR) is 61.0 cm³/mol. The number of aliphatic hydroxyl groups is 1. The Bertz CT molecular complexity index is 557. The lowest BCUT2D eigenvalue weighted by Gasteiger charge is -2.28. The first-order chi connectivity index (χ1) is 7.87. The van der Waals surface area contributed by atoms with E-state index in [0.717, 1.165) is 0 Å². The predicted octanol–water partition coefficient (Wildman–Crippen LogP) is 2.05. The fraction of sp³-hybridized carbons (Fsp3) is 0.250. The number of nitro groups is 1. The van der Waals surface area contributed by atoms with E-state index in [2.05, 4.69) is 0 Å². The van der Waals surface area contributed by atoms with Crippen LogP contribution < -0.4 is 0 Å². The molecule has 1 aromatic carbocycles. The number of carbonyl (C=O) groups is 1. The highest BCUT2D eigenvalue weighted by molar-refractivity contribution is 6.08. The van der Waals surface area contributed by atoms with Gasteiger partial charge in [-0.05, 0) is 19.4 Å². The van der Waals surface area contributed by atoms with Crippen LogP contribution in [0.15, 0.2) is 30.0 Å². The Morgan fingerprint density at radius 3 is 2.47 bits per heavy atom. The van der Waals surface area contributed by atoms with Crippen molar-refractivity contribution < 1.29 is 14.8 Å². The smallest absolute Gasteiger partial charge is 0.354 e. The molecule has 0 aromatic heterocycles. The number of allylic oxidation sites excluding steroid dienone is 1. The number of nitrogens with zero attached hydrogens (tertiary/aromatic N) is 1. The molecule has 1 aliphatic rings. The van der Waals surface area contributed by atoms with E-state index in [9.17, 15) is 20.0 Å². The number of rotatable bonds is 1. The highest BCUT2D eigenvalue weighted by Crippen LogP contribution is 2.38. The van der Waals surface area contributed by atoms with Gasteiger partial charge in [0.1, 0.15) is 0 Å². The molecular formula is C12H11NO4. The number of aliphatic hydroxyl groups excluding tert-OH is 1. The van der Waals surface area contributed by atoms with Crippen molar-refractivity contribution in [3.8, 4) is 0 Å². The first-order valence-electron chi connectivity index (χ1n) is 5.09. The van der Waals surface area contributed by atoms with Crippen molar-refractivity contribution in [1.29, 1.82) is 0 Å². The molecule has 2 rings (SSSR count). The molecule has 1 aliphatic carbocycles. The summed E-state index contributed by atoms with van der Waals surface area (Å²) < 4.78 is 0. The molecule has 0 fully saturated rings. The van der Waals surface area contributed by atoms with Gasteiger partial charge < -0.3 is 5.11 Å². The maximum Gasteiger partial charge on any atom is 0.354 e. The van der Waals surface area contributed by atoms with Crippen LogP contribution in [0.25, 0.3) is 5.76 Å². The summed E-state index contributed by atoms with van der Waals surface area (Å²) in [5, 5.41) is 20.7. The number of carbonyl (C=O) groups excluding carboxylic acids is 1. The van der Waals surface area contributed by atoms with Crippen molar-refractivity contribution in [2.45, 2.75) is 19.3 Å². The number of hydrogen-bond donors (Lipinski definition) is 1. The van der Waals surface area contributed by atoms with E-state index in [1.165, 1.54) is 0 Å². The van der Waals surface area contributed by atoms with E-state index in [1.54, 1.807) is 38.1 Å². The minimum atomic E-state index is -0.995. The number of ketones is 1. The quantitative estimate of drug-likeness (QED) is 0.594. The molecule has 0 atom stereocenters. The third-order valence-electron chi connectivity index (χ3n) is 3.05. The number of fused-ring (bicyclic) bond motifs is 1. The van der Waals surface area contributed by atoms with Crippen molar-refractivity contribution in [2.24, 2.45) is 0 Å². The molecule has 0 bridgehead atoms. The van der Waals surface area contributed by atoms with E-state index in [1.807, 2.05) is 0 Å². The highest BCUT2D eigenvalue weighted by atomic mass is 16.6. The van der Waals surface area contributed by atoms with Gasteiger partial charge in [-0.1, -0.05) is 24.3 Å². The Labute approximate surface area is 97.5 Å². The average Bonchev–Trinajstić information content (AvgIpc) is 2.27. The normalized spacial score (nSPS) is 17.9. The van der Waals surface area contributed by atoms with E-state index in [4.69, 9.17) is 0 Å². The summed E-state index contributed by atoms with van der Waals surface area (Å²) >= 11 is 0. The molecule has 1 aromatic rings. The largest absolute Gasteiger partial charge is 0.502 e. The second kappa shape index (κ2) is 3.41. The van der Waals surface area contributed by atoms with Gasteiger partial charge in [0.15, 0.2) is 0 Å². The lowest BCUT2D eigenvalue weighted by atomic mass is 9.73. The minimum absolute atomic E-state index is 0.351. The van der Waals surface area contributed by atoms with Crippen LogP contribution in [0.3, 0.4) is 0 Å². The third-order valence-corrected chi connectivity index (χ3v) is 3.05. The van der Waals surface area contributed by atoms with Gasteiger partial charge in [0.2, 0.25) is 11.5 Å². The molecule has 0 unspecified atom stereocenters. The number of benzene rings is 1. The summed E-state index contributed by atoms with van der Waals surface area (Å²) in [4.78, 5) is 22.0. The molecule has 5 nitrogen and oxygen atoms in total. The molecule has 0 heterocycles. The van der Waals surface area contributed by atoms with E-state index in [0.29, 0.717) is 11.1 Å². The van der Waals surface area contributed by atoms with Crippen LogP contribution in [0, 0.1) is 10.1 Å². The zero-order chi connectivity index (χ0) is 12.8. The number of Topliss-reactive ketones (excluding diaryl/α,β-unsaturated/α-hetero) is 1. The van der Waals surface area contributed by atoms with Gasteiger partial charge in [0.05, 0.1) is 10.3 Å². The first-order valence-corrected chi connectivity index (χ1v) is 5.09. The second-order valence-corrected chi connectivity index (χ2v) is 4.45. The lowest BCUT2D eigenvalue weighted by Crippen LogP contribution is -2.37. The Morgan fingerprint density at radius 1 is 1.29 bits per heavy atom. The molecule has 1 N–H and O–H groups in total. The minimum Gasteiger partial charge on any atom is -0.502 e. The summed E-state index contributed by atoms with van der Waals surface area (Å²) in [7, 11) is 0. The molecule has 0 saturated heterocycles. The Hall–Kier alpha value is -2.17. The highest BCUT2D eigenvalue weighted by Gasteiger charge is 2.46. The van der Waals surface area contributed by atoms with Crippen LogP contribution in [0.2, 0.25) is 0 Å². The van der Waals surface area contributed by atoms with Crippen LogP contribution in [-0.4, -0.2) is 15.8 Å². The SMILES string of the molecule is CC1(C)C(=O)C([N+](=O)[O-])=C(O)c2ccccc21. The zero-order valence-corrected chi connectivity index (χ0v) is 9.43. The second-order valence-electron chi connectivity index (χ2n) is 4.45. The molecule has 0 amide bonds. The molecule has 0 saturated carbocycles. The zero-order valence-electron chi connectivity index (χ0n) is 9.43. The van der Waals surface area contributed by atoms with Crippen LogP contribution in [0.5, 0.6) is 0 Å². The Balaban J connectivity index is 2.82. The number of hydrogen-bond acceptors (Lipinski definition) is 4. The maximum absolute atomic E-state index is 12.0. The standard InChI is InChI=1S/C12H11NO4/c1-12(2)8-6-4-3-5-7(8)10(14)9(11(12)15)13(16)17/h3-6,14H,1-2H3. The van der Waals surface area contributed by atoms with E-state index >= 15 is 0 Å². The fourth-order valence-corrected chi connectivity index (χ4v) is 2.06. The fourth-order valence-electron chi connectivity index (χ4n) is 2.06. The van der Waals surface area contributed by atoms with Gasteiger partial charge in [-0.3, -0.25) is 14.9 Å². The Morgan fingerprint density at radius 2 is 1.88 bits per heavy atom. The first kappa shape index (κ1) is 11.3. The summed E-state index contributed by atoms with van der Waals surface area (Å²) in [5.74, 6) is -1.21. The molecule has 5 heteroatoms. The monoisotopic (exact) mass is 233 g/mol. The van der Waals surface area contributed by atoms with Gasteiger partial charge in [-0.25, -0.2) is 0 Å².